The number of likely N-dealkylation sites (tertiary alicyclic amines) is 2. The molecule has 0 aliphatic carbocycles. The summed E-state index contributed by atoms with van der Waals surface area (Å²) in [5.41, 5.74) is 2.48. The number of piperidine rings is 1. The highest BCUT2D eigenvalue weighted by Gasteiger charge is 2.36. The van der Waals surface area contributed by atoms with E-state index in [0.29, 0.717) is 12.3 Å². The molecule has 2 aromatic carbocycles. The summed E-state index contributed by atoms with van der Waals surface area (Å²) < 4.78 is 1.20. The SMILES string of the molecule is O=C(Cc1csc2ccc(Cl)cc12)N1CCC[C@H](c2ccccc2)[C@@H]1CN1CCCC1. The third-order valence-electron chi connectivity index (χ3n) is 6.93. The highest BCUT2D eigenvalue weighted by Crippen LogP contribution is 2.35. The fourth-order valence-electron chi connectivity index (χ4n) is 5.37. The van der Waals surface area contributed by atoms with E-state index < -0.39 is 0 Å². The Morgan fingerprint density at radius 1 is 1.03 bits per heavy atom. The van der Waals surface area contributed by atoms with Gasteiger partial charge < -0.3 is 9.80 Å². The van der Waals surface area contributed by atoms with Gasteiger partial charge in [-0.1, -0.05) is 41.9 Å². The first kappa shape index (κ1) is 21.0. The number of amides is 1. The maximum atomic E-state index is 13.6. The van der Waals surface area contributed by atoms with Gasteiger partial charge in [-0.25, -0.2) is 0 Å². The molecule has 31 heavy (non-hydrogen) atoms. The van der Waals surface area contributed by atoms with E-state index in [0.717, 1.165) is 55.0 Å². The van der Waals surface area contributed by atoms with Crippen molar-refractivity contribution in [1.82, 2.24) is 9.80 Å². The van der Waals surface area contributed by atoms with Crippen LogP contribution in [0.4, 0.5) is 0 Å². The minimum absolute atomic E-state index is 0.246. The first-order valence-electron chi connectivity index (χ1n) is 11.4. The van der Waals surface area contributed by atoms with E-state index in [-0.39, 0.29) is 11.9 Å². The Morgan fingerprint density at radius 2 is 1.84 bits per heavy atom. The van der Waals surface area contributed by atoms with Gasteiger partial charge in [0, 0.05) is 28.7 Å². The smallest absolute Gasteiger partial charge is 0.227 e. The third-order valence-corrected chi connectivity index (χ3v) is 8.18. The van der Waals surface area contributed by atoms with Gasteiger partial charge in [-0.2, -0.15) is 0 Å². The number of rotatable bonds is 5. The van der Waals surface area contributed by atoms with Crippen LogP contribution < -0.4 is 0 Å². The molecule has 3 heterocycles. The molecule has 0 spiro atoms. The number of hydrogen-bond donors (Lipinski definition) is 0. The van der Waals surface area contributed by atoms with E-state index >= 15 is 0 Å². The molecule has 0 saturated carbocycles. The Morgan fingerprint density at radius 3 is 2.65 bits per heavy atom. The largest absolute Gasteiger partial charge is 0.338 e. The van der Waals surface area contributed by atoms with Gasteiger partial charge in [-0.05, 0) is 78.9 Å². The third kappa shape index (κ3) is 4.52. The van der Waals surface area contributed by atoms with Gasteiger partial charge in [0.1, 0.15) is 0 Å². The average Bonchev–Trinajstić information content (AvgIpc) is 3.44. The number of thiophene rings is 1. The van der Waals surface area contributed by atoms with E-state index in [4.69, 9.17) is 11.6 Å². The van der Waals surface area contributed by atoms with Crippen molar-refractivity contribution in [1.29, 1.82) is 0 Å². The highest BCUT2D eigenvalue weighted by atomic mass is 35.5. The monoisotopic (exact) mass is 452 g/mol. The Hall–Kier alpha value is -1.88. The van der Waals surface area contributed by atoms with Crippen LogP contribution in [0.3, 0.4) is 0 Å². The van der Waals surface area contributed by atoms with Gasteiger partial charge in [0.15, 0.2) is 0 Å². The molecule has 1 amide bonds. The summed E-state index contributed by atoms with van der Waals surface area (Å²) in [6.07, 6.45) is 5.23. The van der Waals surface area contributed by atoms with E-state index in [1.54, 1.807) is 11.3 Å². The van der Waals surface area contributed by atoms with Crippen LogP contribution in [0.2, 0.25) is 5.02 Å². The first-order chi connectivity index (χ1) is 15.2. The van der Waals surface area contributed by atoms with Crippen LogP contribution in [0.1, 0.15) is 42.7 Å². The highest BCUT2D eigenvalue weighted by molar-refractivity contribution is 7.17. The van der Waals surface area contributed by atoms with Gasteiger partial charge in [0.2, 0.25) is 5.91 Å². The summed E-state index contributed by atoms with van der Waals surface area (Å²) in [5, 5.41) is 3.99. The molecule has 3 aromatic rings. The van der Waals surface area contributed by atoms with Gasteiger partial charge in [0.25, 0.3) is 0 Å². The maximum absolute atomic E-state index is 13.6. The number of carbonyl (C=O) groups excluding carboxylic acids is 1. The zero-order valence-corrected chi connectivity index (χ0v) is 19.4. The zero-order valence-electron chi connectivity index (χ0n) is 17.8. The van der Waals surface area contributed by atoms with Crippen molar-refractivity contribution in [3.63, 3.8) is 0 Å². The lowest BCUT2D eigenvalue weighted by atomic mass is 9.82. The molecule has 5 heteroatoms. The molecule has 1 aromatic heterocycles. The molecule has 2 saturated heterocycles. The Labute approximate surface area is 193 Å². The summed E-state index contributed by atoms with van der Waals surface area (Å²) in [6.45, 7) is 4.17. The molecule has 2 aliphatic rings. The van der Waals surface area contributed by atoms with Crippen molar-refractivity contribution < 1.29 is 4.79 Å². The molecule has 0 N–H and O–H groups in total. The summed E-state index contributed by atoms with van der Waals surface area (Å²) in [5.74, 6) is 0.665. The molecule has 2 atom stereocenters. The Kier molecular flexibility index (Phi) is 6.31. The summed E-state index contributed by atoms with van der Waals surface area (Å²) in [7, 11) is 0. The van der Waals surface area contributed by atoms with E-state index in [1.165, 1.54) is 23.1 Å². The Bertz CT molecular complexity index is 1040. The number of benzene rings is 2. The van der Waals surface area contributed by atoms with Gasteiger partial charge in [-0.15, -0.1) is 11.3 Å². The topological polar surface area (TPSA) is 23.6 Å². The van der Waals surface area contributed by atoms with Crippen LogP contribution >= 0.6 is 22.9 Å². The van der Waals surface area contributed by atoms with Crippen LogP contribution in [0.5, 0.6) is 0 Å². The first-order valence-corrected chi connectivity index (χ1v) is 12.7. The molecule has 2 fully saturated rings. The molecule has 0 bridgehead atoms. The van der Waals surface area contributed by atoms with Gasteiger partial charge >= 0.3 is 0 Å². The predicted octanol–water partition coefficient (Wildman–Crippen LogP) is 5.97. The molecular weight excluding hydrogens is 424 g/mol. The summed E-state index contributed by atoms with van der Waals surface area (Å²) >= 11 is 7.94. The molecule has 3 nitrogen and oxygen atoms in total. The van der Waals surface area contributed by atoms with Crippen LogP contribution in [-0.2, 0) is 11.2 Å². The lowest BCUT2D eigenvalue weighted by Crippen LogP contribution is -2.52. The second kappa shape index (κ2) is 9.32. The number of fused-ring (bicyclic) bond motifs is 1. The number of hydrogen-bond acceptors (Lipinski definition) is 3. The number of carbonyl (C=O) groups is 1. The van der Waals surface area contributed by atoms with Crippen LogP contribution in [0.25, 0.3) is 10.1 Å². The lowest BCUT2D eigenvalue weighted by Gasteiger charge is -2.43. The van der Waals surface area contributed by atoms with Crippen molar-refractivity contribution in [2.24, 2.45) is 0 Å². The fraction of sp³-hybridized carbons (Fsp3) is 0.423. The van der Waals surface area contributed by atoms with Gasteiger partial charge in [-0.3, -0.25) is 4.79 Å². The van der Waals surface area contributed by atoms with Crippen LogP contribution in [0, 0.1) is 0 Å². The minimum Gasteiger partial charge on any atom is -0.338 e. The second-order valence-corrected chi connectivity index (χ2v) is 10.2. The van der Waals surface area contributed by atoms with Crippen molar-refractivity contribution in [3.05, 3.63) is 70.1 Å². The molecule has 0 radical (unpaired) electrons. The van der Waals surface area contributed by atoms with Gasteiger partial charge in [0.05, 0.1) is 12.5 Å². The van der Waals surface area contributed by atoms with Crippen molar-refractivity contribution in [2.45, 2.75) is 44.1 Å². The summed E-state index contributed by atoms with van der Waals surface area (Å²) in [6, 6.07) is 17.0. The lowest BCUT2D eigenvalue weighted by molar-refractivity contribution is -0.135. The predicted molar refractivity (Wildman–Crippen MR) is 130 cm³/mol. The molecular formula is C26H29ClN2OS. The van der Waals surface area contributed by atoms with Crippen LogP contribution in [0.15, 0.2) is 53.9 Å². The van der Waals surface area contributed by atoms with E-state index in [1.807, 2.05) is 12.1 Å². The number of nitrogens with zero attached hydrogens (tertiary/aromatic N) is 2. The molecule has 0 unspecified atom stereocenters. The average molecular weight is 453 g/mol. The normalized spacial score (nSPS) is 22.3. The number of halogens is 1. The second-order valence-electron chi connectivity index (χ2n) is 8.90. The van der Waals surface area contributed by atoms with Crippen molar-refractivity contribution in [3.8, 4) is 0 Å². The maximum Gasteiger partial charge on any atom is 0.227 e. The molecule has 5 rings (SSSR count). The molecule has 162 valence electrons. The van der Waals surface area contributed by atoms with Crippen molar-refractivity contribution in [2.75, 3.05) is 26.2 Å². The fourth-order valence-corrected chi connectivity index (χ4v) is 6.48. The van der Waals surface area contributed by atoms with E-state index in [9.17, 15) is 4.79 Å². The molecule has 2 aliphatic heterocycles. The Balaban J connectivity index is 1.41. The standard InChI is InChI=1S/C26H29ClN2OS/c27-21-10-11-25-23(16-21)20(18-31-25)15-26(30)29-14-6-9-22(19-7-2-1-3-8-19)24(29)17-28-12-4-5-13-28/h1-3,7-8,10-11,16,18,22,24H,4-6,9,12-15,17H2/t22-,24+/m1/s1. The van der Waals surface area contributed by atoms with E-state index in [2.05, 4.69) is 51.6 Å². The minimum atomic E-state index is 0.246. The summed E-state index contributed by atoms with van der Waals surface area (Å²) in [4.78, 5) is 18.4. The zero-order chi connectivity index (χ0) is 21.2. The quantitative estimate of drug-likeness (QED) is 0.476. The van der Waals surface area contributed by atoms with Crippen molar-refractivity contribution >= 4 is 38.9 Å². The van der Waals surface area contributed by atoms with Crippen LogP contribution in [-0.4, -0.2) is 47.9 Å².